The van der Waals surface area contributed by atoms with Crippen LogP contribution in [0.25, 0.3) is 0 Å². The van der Waals surface area contributed by atoms with E-state index in [1.54, 1.807) is 29.0 Å². The number of amides is 2. The number of ether oxygens (including phenoxy) is 2. The van der Waals surface area contributed by atoms with Crippen LogP contribution < -0.4 is 9.64 Å². The third-order valence-corrected chi connectivity index (χ3v) is 10.0. The van der Waals surface area contributed by atoms with Crippen molar-refractivity contribution in [2.45, 2.75) is 48.8 Å². The van der Waals surface area contributed by atoms with Crippen LogP contribution in [0.4, 0.5) is 5.69 Å². The quantitative estimate of drug-likeness (QED) is 0.450. The van der Waals surface area contributed by atoms with Crippen molar-refractivity contribution in [1.82, 2.24) is 4.90 Å². The number of likely N-dealkylation sites (tertiary alicyclic amines) is 1. The Morgan fingerprint density at radius 3 is 2.62 bits per heavy atom. The third kappa shape index (κ3) is 4.07. The van der Waals surface area contributed by atoms with Gasteiger partial charge in [-0.15, -0.1) is 11.8 Å². The first-order valence-corrected chi connectivity index (χ1v) is 13.8. The Labute approximate surface area is 221 Å². The molecule has 9 heteroatoms. The minimum atomic E-state index is -0.945. The molecule has 0 radical (unpaired) electrons. The number of hydrogen-bond donors (Lipinski definition) is 1. The summed E-state index contributed by atoms with van der Waals surface area (Å²) in [6.45, 7) is 4.33. The molecule has 2 fully saturated rings. The van der Waals surface area contributed by atoms with Gasteiger partial charge in [0, 0.05) is 17.5 Å². The molecule has 0 aromatic heterocycles. The number of rotatable bonds is 6. The molecule has 1 spiro atoms. The molecule has 8 nitrogen and oxygen atoms in total. The number of hydrogen-bond acceptors (Lipinski definition) is 7. The molecule has 1 N–H and O–H groups in total. The predicted molar refractivity (Wildman–Crippen MR) is 141 cm³/mol. The lowest BCUT2D eigenvalue weighted by molar-refractivity contribution is -0.153. The van der Waals surface area contributed by atoms with E-state index in [0.717, 1.165) is 6.42 Å². The molecule has 0 aliphatic carbocycles. The maximum Gasteiger partial charge on any atom is 0.311 e. The number of cyclic esters (lactones) is 1. The number of anilines is 1. The summed E-state index contributed by atoms with van der Waals surface area (Å²) in [6.07, 6.45) is 9.26. The average Bonchev–Trinajstić information content (AvgIpc) is 3.28. The first kappa shape index (κ1) is 25.9. The van der Waals surface area contributed by atoms with Crippen molar-refractivity contribution in [3.8, 4) is 5.75 Å². The zero-order valence-corrected chi connectivity index (χ0v) is 22.2. The number of carbonyl (C=O) groups is 3. The number of nitrogens with zero attached hydrogens (tertiary/aromatic N) is 2. The van der Waals surface area contributed by atoms with Crippen molar-refractivity contribution in [2.24, 2.45) is 17.8 Å². The topological polar surface area (TPSA) is 96.4 Å². The summed E-state index contributed by atoms with van der Waals surface area (Å²) < 4.78 is 9.87. The normalized spacial score (nSPS) is 32.6. The molecular weight excluding hydrogens is 492 g/mol. The molecule has 2 amide bonds. The number of methoxy groups -OCH3 is 1. The summed E-state index contributed by atoms with van der Waals surface area (Å²) in [5, 5.41) is 10.2. The zero-order valence-electron chi connectivity index (χ0n) is 21.4. The second-order valence-corrected chi connectivity index (χ2v) is 11.6. The van der Waals surface area contributed by atoms with Gasteiger partial charge in [-0.3, -0.25) is 14.4 Å². The van der Waals surface area contributed by atoms with Crippen LogP contribution in [-0.2, 0) is 19.1 Å². The average molecular weight is 527 g/mol. The monoisotopic (exact) mass is 526 g/mol. The molecule has 198 valence electrons. The molecule has 7 atom stereocenters. The lowest BCUT2D eigenvalue weighted by Crippen LogP contribution is -2.58. The smallest absolute Gasteiger partial charge is 0.311 e. The Hall–Kier alpha value is -2.78. The number of benzene rings is 1. The second kappa shape index (κ2) is 10.2. The van der Waals surface area contributed by atoms with Crippen molar-refractivity contribution < 1.29 is 29.0 Å². The van der Waals surface area contributed by atoms with E-state index in [1.165, 1.54) is 11.8 Å². The fourth-order valence-corrected chi connectivity index (χ4v) is 8.20. The minimum absolute atomic E-state index is 0.0377. The molecule has 4 aliphatic heterocycles. The van der Waals surface area contributed by atoms with Crippen molar-refractivity contribution in [3.05, 3.63) is 48.6 Å². The van der Waals surface area contributed by atoms with Crippen molar-refractivity contribution in [3.63, 3.8) is 0 Å². The summed E-state index contributed by atoms with van der Waals surface area (Å²) in [5.41, 5.74) is 0.695. The summed E-state index contributed by atoms with van der Waals surface area (Å²) in [6, 6.07) is 5.85. The molecule has 2 saturated heterocycles. The Balaban J connectivity index is 1.64. The van der Waals surface area contributed by atoms with Gasteiger partial charge >= 0.3 is 5.97 Å². The highest BCUT2D eigenvalue weighted by Gasteiger charge is 2.72. The van der Waals surface area contributed by atoms with Gasteiger partial charge in [-0.2, -0.15) is 0 Å². The molecule has 5 rings (SSSR count). The number of carbonyl (C=O) groups excluding carboxylic acids is 3. The van der Waals surface area contributed by atoms with Crippen LogP contribution in [0.1, 0.15) is 26.7 Å². The predicted octanol–water partition coefficient (Wildman–Crippen LogP) is 2.81. The Morgan fingerprint density at radius 2 is 1.95 bits per heavy atom. The van der Waals surface area contributed by atoms with Gasteiger partial charge in [0.25, 0.3) is 5.91 Å². The molecule has 4 heterocycles. The fourth-order valence-electron chi connectivity index (χ4n) is 6.21. The Morgan fingerprint density at radius 1 is 1.19 bits per heavy atom. The summed E-state index contributed by atoms with van der Waals surface area (Å²) in [5.74, 6) is -1.67. The van der Waals surface area contributed by atoms with Gasteiger partial charge in [0.2, 0.25) is 5.91 Å². The van der Waals surface area contributed by atoms with E-state index in [-0.39, 0.29) is 42.2 Å². The maximum atomic E-state index is 14.5. The number of fused-ring (bicyclic) bond motifs is 2. The number of aliphatic hydroxyl groups excluding tert-OH is 1. The highest BCUT2D eigenvalue weighted by atomic mass is 32.2. The van der Waals surface area contributed by atoms with Crippen LogP contribution in [-0.4, -0.2) is 76.7 Å². The van der Waals surface area contributed by atoms with Crippen molar-refractivity contribution in [2.75, 3.05) is 31.8 Å². The van der Waals surface area contributed by atoms with Gasteiger partial charge < -0.3 is 24.4 Å². The number of thioether (sulfide) groups is 1. The lowest BCUT2D eigenvalue weighted by atomic mass is 9.78. The third-order valence-electron chi connectivity index (χ3n) is 8.29. The van der Waals surface area contributed by atoms with E-state index in [4.69, 9.17) is 9.47 Å². The van der Waals surface area contributed by atoms with Crippen LogP contribution in [0.3, 0.4) is 0 Å². The lowest BCUT2D eigenvalue weighted by Gasteiger charge is -2.40. The van der Waals surface area contributed by atoms with E-state index in [1.807, 2.05) is 50.3 Å². The maximum absolute atomic E-state index is 14.5. The second-order valence-electron chi connectivity index (χ2n) is 10.2. The van der Waals surface area contributed by atoms with Crippen LogP contribution in [0, 0.1) is 17.8 Å². The van der Waals surface area contributed by atoms with Gasteiger partial charge in [0.15, 0.2) is 0 Å². The van der Waals surface area contributed by atoms with E-state index in [9.17, 15) is 19.5 Å². The Kier molecular flexibility index (Phi) is 7.11. The summed E-state index contributed by atoms with van der Waals surface area (Å²) in [4.78, 5) is 45.3. The zero-order chi connectivity index (χ0) is 26.3. The molecule has 37 heavy (non-hydrogen) atoms. The van der Waals surface area contributed by atoms with Crippen molar-refractivity contribution in [1.29, 1.82) is 0 Å². The Bertz CT molecular complexity index is 1120. The van der Waals surface area contributed by atoms with E-state index >= 15 is 0 Å². The molecule has 1 unspecified atom stereocenters. The van der Waals surface area contributed by atoms with Gasteiger partial charge in [0.1, 0.15) is 11.8 Å². The van der Waals surface area contributed by atoms with Crippen LogP contribution >= 0.6 is 11.8 Å². The van der Waals surface area contributed by atoms with Crippen molar-refractivity contribution >= 4 is 35.2 Å². The largest absolute Gasteiger partial charge is 0.497 e. The fraction of sp³-hybridized carbons (Fsp3) is 0.536. The van der Waals surface area contributed by atoms with E-state index < -0.39 is 28.7 Å². The van der Waals surface area contributed by atoms with Crippen LogP contribution in [0.15, 0.2) is 48.6 Å². The van der Waals surface area contributed by atoms with E-state index in [2.05, 4.69) is 0 Å². The van der Waals surface area contributed by atoms with Gasteiger partial charge in [-0.1, -0.05) is 44.6 Å². The van der Waals surface area contributed by atoms with Gasteiger partial charge in [0.05, 0.1) is 42.9 Å². The molecular formula is C28H34N2O6S. The number of esters is 1. The first-order chi connectivity index (χ1) is 17.9. The molecule has 4 aliphatic rings. The molecule has 1 aromatic carbocycles. The molecule has 0 bridgehead atoms. The number of aliphatic hydroxyl groups is 1. The minimum Gasteiger partial charge on any atom is -0.497 e. The molecule has 0 saturated carbocycles. The summed E-state index contributed by atoms with van der Waals surface area (Å²) >= 11 is 1.51. The standard InChI is InChI=1S/C28H34N2O6S/c1-4-17(2)20(16-31)30-24-26(33)29(18-9-11-19(35-3)12-10-18)14-7-13-28(24)23(25(30)32)22-21(37-28)8-5-6-15-36-27(22)34/h5,7-13,17,20-24,31H,4,6,14-16H2,1-3H3/t17-,20-,21-,22+,23-,24?,28-/m0/s1. The van der Waals surface area contributed by atoms with E-state index in [0.29, 0.717) is 24.4 Å². The summed E-state index contributed by atoms with van der Waals surface area (Å²) in [7, 11) is 1.59. The van der Waals surface area contributed by atoms with Crippen LogP contribution in [0.2, 0.25) is 0 Å². The highest BCUT2D eigenvalue weighted by molar-refractivity contribution is 8.02. The SMILES string of the molecule is CC[C@H](C)[C@H](CO)N1C(=O)[C@@H]2[C@@H]3C(=O)OCCC=C[C@@H]3S[C@@]23C=CCN(c2ccc(OC)cc2)C(=O)C13. The van der Waals surface area contributed by atoms with Crippen LogP contribution in [0.5, 0.6) is 5.75 Å². The van der Waals surface area contributed by atoms with Gasteiger partial charge in [-0.05, 0) is 36.6 Å². The highest BCUT2D eigenvalue weighted by Crippen LogP contribution is 2.61. The first-order valence-electron chi connectivity index (χ1n) is 12.9. The van der Waals surface area contributed by atoms with Gasteiger partial charge in [-0.25, -0.2) is 0 Å². The molecule has 1 aromatic rings.